The van der Waals surface area contributed by atoms with Gasteiger partial charge in [-0.3, -0.25) is 4.57 Å². The van der Waals surface area contributed by atoms with Gasteiger partial charge in [-0.25, -0.2) is 28.6 Å². The van der Waals surface area contributed by atoms with Gasteiger partial charge in [-0.15, -0.1) is 0 Å². The van der Waals surface area contributed by atoms with Crippen LogP contribution in [0.4, 0.5) is 5.82 Å². The fourth-order valence-electron chi connectivity index (χ4n) is 3.45. The second-order valence-electron chi connectivity index (χ2n) is 7.80. The van der Waals surface area contributed by atoms with Crippen LogP contribution in [0.3, 0.4) is 0 Å². The van der Waals surface area contributed by atoms with E-state index >= 15 is 0 Å². The quantitative estimate of drug-likeness (QED) is 0.134. The molecule has 23 heteroatoms. The van der Waals surface area contributed by atoms with Crippen molar-refractivity contribution in [2.24, 2.45) is 0 Å². The number of aromatic nitrogens is 4. The first-order valence-corrected chi connectivity index (χ1v) is 15.1. The molecule has 3 heterocycles. The third-order valence-electron chi connectivity index (χ3n) is 4.63. The van der Waals surface area contributed by atoms with E-state index in [2.05, 4.69) is 15.0 Å². The highest BCUT2D eigenvalue weighted by molar-refractivity contribution is 7.45. The molecule has 1 fully saturated rings. The standard InChI is InChI=1S/C17H19N5O3.3H3O4P/c18-15-14-16(20-9-19-15)22(10-21-14)17(6-11-4-2-1-3-5-11)7-12(24)13(8-23)25-17;3*1-5(2,3)4/h1-5,9-10,12-13,23-24H,6-8H2,(H2,18,19,20);3*(H3,1,2,3,4)/t12-,13+,17+;;;/m0.../s1. The van der Waals surface area contributed by atoms with Gasteiger partial charge in [0.05, 0.1) is 19.0 Å². The summed E-state index contributed by atoms with van der Waals surface area (Å²) in [5, 5.41) is 19.9. The van der Waals surface area contributed by atoms with Crippen molar-refractivity contribution < 1.29 is 72.7 Å². The molecule has 1 aliphatic rings. The van der Waals surface area contributed by atoms with Crippen molar-refractivity contribution in [3.63, 3.8) is 0 Å². The molecule has 0 unspecified atom stereocenters. The number of nitrogens with two attached hydrogens (primary N) is 1. The van der Waals surface area contributed by atoms with Crippen molar-refractivity contribution in [3.05, 3.63) is 48.5 Å². The lowest BCUT2D eigenvalue weighted by Crippen LogP contribution is -2.36. The maximum atomic E-state index is 10.4. The number of nitrogens with zero attached hydrogens (tertiary/aromatic N) is 4. The molecular weight excluding hydrogens is 607 g/mol. The van der Waals surface area contributed by atoms with Crippen LogP contribution in [0, 0.1) is 0 Å². The monoisotopic (exact) mass is 635 g/mol. The molecule has 40 heavy (non-hydrogen) atoms. The van der Waals surface area contributed by atoms with Crippen LogP contribution in [0.1, 0.15) is 12.0 Å². The molecule has 13 N–H and O–H groups in total. The Morgan fingerprint density at radius 2 is 1.40 bits per heavy atom. The second-order valence-corrected chi connectivity index (χ2v) is 10.9. The summed E-state index contributed by atoms with van der Waals surface area (Å²) in [5.41, 5.74) is 7.04. The minimum absolute atomic E-state index is 0.262. The summed E-state index contributed by atoms with van der Waals surface area (Å²) in [4.78, 5) is 77.3. The third kappa shape index (κ3) is 13.9. The molecule has 4 rings (SSSR count). The Kier molecular flexibility index (Phi) is 13.1. The summed E-state index contributed by atoms with van der Waals surface area (Å²) in [5.74, 6) is 0.288. The Hall–Kier alpha value is -2.22. The van der Waals surface area contributed by atoms with Gasteiger partial charge in [-0.05, 0) is 5.56 Å². The number of anilines is 1. The van der Waals surface area contributed by atoms with Gasteiger partial charge >= 0.3 is 23.5 Å². The third-order valence-corrected chi connectivity index (χ3v) is 4.63. The number of nitrogen functional groups attached to an aromatic ring is 1. The van der Waals surface area contributed by atoms with E-state index in [9.17, 15) is 10.2 Å². The molecule has 2 aromatic heterocycles. The van der Waals surface area contributed by atoms with E-state index in [0.717, 1.165) is 5.56 Å². The number of phosphoric acid groups is 3. The lowest BCUT2D eigenvalue weighted by atomic mass is 9.97. The SMILES string of the molecule is Nc1ncnc2c1ncn2[C@@]1(Cc2ccccc2)C[C@H](O)[C@@H](CO)O1.O=P(O)(O)O.O=P(O)(O)O.O=P(O)(O)O. The Bertz CT molecular complexity index is 1290. The summed E-state index contributed by atoms with van der Waals surface area (Å²) in [7, 11) is -13.9. The number of hydrogen-bond donors (Lipinski definition) is 12. The summed E-state index contributed by atoms with van der Waals surface area (Å²) in [6, 6.07) is 9.82. The second kappa shape index (κ2) is 14.6. The first-order valence-electron chi connectivity index (χ1n) is 10.4. The summed E-state index contributed by atoms with van der Waals surface area (Å²) < 4.78 is 34.6. The molecule has 1 aliphatic heterocycles. The number of fused-ring (bicyclic) bond motifs is 1. The van der Waals surface area contributed by atoms with Gasteiger partial charge in [0.1, 0.15) is 17.9 Å². The number of imidazole rings is 1. The predicted octanol–water partition coefficient (Wildman–Crippen LogP) is -2.34. The van der Waals surface area contributed by atoms with Crippen molar-refractivity contribution in [1.82, 2.24) is 19.5 Å². The first kappa shape index (κ1) is 35.8. The van der Waals surface area contributed by atoms with Crippen LogP contribution < -0.4 is 5.73 Å². The smallest absolute Gasteiger partial charge is 0.394 e. The lowest BCUT2D eigenvalue weighted by molar-refractivity contribution is -0.114. The molecule has 226 valence electrons. The fourth-order valence-corrected chi connectivity index (χ4v) is 3.45. The zero-order valence-electron chi connectivity index (χ0n) is 20.1. The van der Waals surface area contributed by atoms with Crippen molar-refractivity contribution >= 4 is 40.4 Å². The van der Waals surface area contributed by atoms with Gasteiger partial charge in [0.2, 0.25) is 0 Å². The van der Waals surface area contributed by atoms with Gasteiger partial charge in [0, 0.05) is 12.8 Å². The first-order chi connectivity index (χ1) is 18.1. The number of rotatable bonds is 4. The molecule has 0 aliphatic carbocycles. The average molecular weight is 635 g/mol. The van der Waals surface area contributed by atoms with Gasteiger partial charge in [-0.1, -0.05) is 30.3 Å². The van der Waals surface area contributed by atoms with Crippen LogP contribution in [0.2, 0.25) is 0 Å². The van der Waals surface area contributed by atoms with Crippen LogP contribution in [-0.2, 0) is 30.6 Å². The van der Waals surface area contributed by atoms with Crippen LogP contribution in [0.25, 0.3) is 11.2 Å². The molecule has 0 saturated carbocycles. The molecule has 0 bridgehead atoms. The summed E-state index contributed by atoms with van der Waals surface area (Å²) in [6.45, 7) is -0.262. The highest BCUT2D eigenvalue weighted by Crippen LogP contribution is 2.40. The van der Waals surface area contributed by atoms with E-state index in [-0.39, 0.29) is 12.4 Å². The Labute approximate surface area is 224 Å². The molecule has 3 atom stereocenters. The Morgan fingerprint density at radius 1 is 0.900 bits per heavy atom. The molecule has 0 radical (unpaired) electrons. The van der Waals surface area contributed by atoms with E-state index < -0.39 is 41.4 Å². The molecule has 0 amide bonds. The van der Waals surface area contributed by atoms with E-state index in [1.165, 1.54) is 6.33 Å². The van der Waals surface area contributed by atoms with Crippen LogP contribution in [0.5, 0.6) is 0 Å². The molecule has 3 aromatic rings. The van der Waals surface area contributed by atoms with Crippen LogP contribution in [0.15, 0.2) is 43.0 Å². The van der Waals surface area contributed by atoms with Crippen LogP contribution in [-0.4, -0.2) is 92.6 Å². The van der Waals surface area contributed by atoms with Gasteiger partial charge < -0.3 is 64.7 Å². The zero-order chi connectivity index (χ0) is 30.9. The number of benzene rings is 1. The van der Waals surface area contributed by atoms with E-state index in [4.69, 9.17) is 68.2 Å². The van der Waals surface area contributed by atoms with E-state index in [1.54, 1.807) is 10.9 Å². The lowest BCUT2D eigenvalue weighted by Gasteiger charge is -2.31. The number of aliphatic hydroxyl groups is 2. The van der Waals surface area contributed by atoms with Crippen molar-refractivity contribution in [2.75, 3.05) is 12.3 Å². The minimum Gasteiger partial charge on any atom is -0.394 e. The van der Waals surface area contributed by atoms with E-state index in [1.807, 2.05) is 30.3 Å². The molecular formula is C17H28N5O15P3. The number of hydrogen-bond acceptors (Lipinski definition) is 10. The van der Waals surface area contributed by atoms with Crippen molar-refractivity contribution in [3.8, 4) is 0 Å². The van der Waals surface area contributed by atoms with Crippen molar-refractivity contribution in [1.29, 1.82) is 0 Å². The molecule has 1 aromatic carbocycles. The Balaban J connectivity index is 0.000000442. The minimum atomic E-state index is -4.64. The zero-order valence-corrected chi connectivity index (χ0v) is 22.8. The number of aliphatic hydroxyl groups excluding tert-OH is 2. The topological polar surface area (TPSA) is 353 Å². The molecule has 0 spiro atoms. The maximum absolute atomic E-state index is 10.4. The maximum Gasteiger partial charge on any atom is 0.466 e. The molecule has 1 saturated heterocycles. The molecule has 20 nitrogen and oxygen atoms in total. The van der Waals surface area contributed by atoms with Gasteiger partial charge in [-0.2, -0.15) is 0 Å². The number of ether oxygens (including phenoxy) is 1. The Morgan fingerprint density at radius 3 is 1.85 bits per heavy atom. The highest BCUT2D eigenvalue weighted by Gasteiger charge is 2.48. The largest absolute Gasteiger partial charge is 0.466 e. The van der Waals surface area contributed by atoms with Gasteiger partial charge in [0.25, 0.3) is 0 Å². The fraction of sp³-hybridized carbons (Fsp3) is 0.353. The predicted molar refractivity (Wildman–Crippen MR) is 133 cm³/mol. The normalized spacial score (nSPS) is 20.9. The summed E-state index contributed by atoms with van der Waals surface area (Å²) in [6.07, 6.45) is 2.33. The average Bonchev–Trinajstić information content (AvgIpc) is 3.33. The van der Waals surface area contributed by atoms with Crippen molar-refractivity contribution in [2.45, 2.75) is 30.8 Å². The highest BCUT2D eigenvalue weighted by atomic mass is 31.2. The van der Waals surface area contributed by atoms with E-state index in [0.29, 0.717) is 24.0 Å². The van der Waals surface area contributed by atoms with Crippen LogP contribution >= 0.6 is 23.5 Å². The van der Waals surface area contributed by atoms with Gasteiger partial charge in [0.15, 0.2) is 17.2 Å². The summed E-state index contributed by atoms with van der Waals surface area (Å²) >= 11 is 0.